The summed E-state index contributed by atoms with van der Waals surface area (Å²) in [5.41, 5.74) is 1.69. The Balaban J connectivity index is 2.18. The average Bonchev–Trinajstić information content (AvgIpc) is 2.35. The topological polar surface area (TPSA) is 33.1 Å². The van der Waals surface area contributed by atoms with Gasteiger partial charge in [-0.05, 0) is 74.4 Å². The number of benzene rings is 1. The van der Waals surface area contributed by atoms with Crippen LogP contribution in [0.3, 0.4) is 0 Å². The lowest BCUT2D eigenvalue weighted by Gasteiger charge is -2.13. The predicted molar refractivity (Wildman–Crippen MR) is 84.8 cm³/mol. The fraction of sp³-hybridized carbons (Fsp3) is 0.154. The molecule has 1 N–H and O–H groups in total. The molecule has 1 aromatic carbocycles. The van der Waals surface area contributed by atoms with Crippen molar-refractivity contribution in [2.75, 3.05) is 0 Å². The monoisotopic (exact) mass is 437 g/mol. The highest BCUT2D eigenvalue weighted by molar-refractivity contribution is 14.1. The number of rotatable bonds is 3. The third-order valence-electron chi connectivity index (χ3n) is 2.51. The van der Waals surface area contributed by atoms with Gasteiger partial charge in [0.1, 0.15) is 0 Å². The third kappa shape index (κ3) is 3.66. The van der Waals surface area contributed by atoms with Gasteiger partial charge in [0.2, 0.25) is 0 Å². The maximum atomic E-state index is 10.2. The smallest absolute Gasteiger partial charge is 0.0856 e. The van der Waals surface area contributed by atoms with Gasteiger partial charge in [-0.15, -0.1) is 0 Å². The number of pyridine rings is 1. The molecule has 1 heterocycles. The van der Waals surface area contributed by atoms with Crippen molar-refractivity contribution in [3.05, 3.63) is 60.9 Å². The Hall–Kier alpha value is -0.170. The summed E-state index contributed by atoms with van der Waals surface area (Å²) in [6, 6.07) is 9.32. The number of hydrogen-bond acceptors (Lipinski definition) is 2. The van der Waals surface area contributed by atoms with Crippen LogP contribution in [-0.4, -0.2) is 10.1 Å². The molecule has 5 heteroatoms. The highest BCUT2D eigenvalue weighted by Gasteiger charge is 2.13. The van der Waals surface area contributed by atoms with Gasteiger partial charge in [-0.25, -0.2) is 0 Å². The zero-order valence-electron chi connectivity index (χ0n) is 9.28. The molecule has 1 unspecified atom stereocenters. The number of hydrogen-bond donors (Lipinski definition) is 1. The van der Waals surface area contributed by atoms with Crippen LogP contribution in [-0.2, 0) is 6.42 Å². The van der Waals surface area contributed by atoms with Crippen molar-refractivity contribution >= 4 is 50.1 Å². The number of aromatic nitrogens is 1. The molecule has 0 saturated heterocycles. The molecule has 0 aliphatic carbocycles. The van der Waals surface area contributed by atoms with E-state index in [0.717, 1.165) is 19.3 Å². The van der Waals surface area contributed by atoms with Crippen molar-refractivity contribution in [1.29, 1.82) is 0 Å². The van der Waals surface area contributed by atoms with Crippen LogP contribution in [0.2, 0.25) is 5.02 Å². The molecule has 0 bridgehead atoms. The average molecular weight is 438 g/mol. The van der Waals surface area contributed by atoms with E-state index in [1.165, 1.54) is 0 Å². The summed E-state index contributed by atoms with van der Waals surface area (Å²) in [6.45, 7) is 0. The minimum absolute atomic E-state index is 0.476. The van der Waals surface area contributed by atoms with E-state index in [4.69, 9.17) is 11.6 Å². The van der Waals surface area contributed by atoms with E-state index < -0.39 is 6.10 Å². The molecule has 2 rings (SSSR count). The van der Waals surface area contributed by atoms with Crippen LogP contribution in [0.25, 0.3) is 0 Å². The van der Waals surface area contributed by atoms with E-state index in [-0.39, 0.29) is 0 Å². The molecular formula is C13H10BrClINO. The largest absolute Gasteiger partial charge is 0.388 e. The summed E-state index contributed by atoms with van der Waals surface area (Å²) < 4.78 is 1.93. The first-order valence-corrected chi connectivity index (χ1v) is 7.54. The zero-order chi connectivity index (χ0) is 13.1. The minimum Gasteiger partial charge on any atom is -0.388 e. The normalized spacial score (nSPS) is 12.4. The summed E-state index contributed by atoms with van der Waals surface area (Å²) in [6.07, 6.45) is 1.61. The SMILES string of the molecule is OC(Cc1ccc(Br)cn1)c1cc(Cl)ccc1I. The quantitative estimate of drug-likeness (QED) is 0.722. The molecule has 0 spiro atoms. The van der Waals surface area contributed by atoms with Crippen molar-refractivity contribution in [1.82, 2.24) is 4.98 Å². The van der Waals surface area contributed by atoms with E-state index in [1.807, 2.05) is 24.3 Å². The lowest BCUT2D eigenvalue weighted by atomic mass is 10.0. The summed E-state index contributed by atoms with van der Waals surface area (Å²) >= 11 is 11.5. The Labute approximate surface area is 133 Å². The lowest BCUT2D eigenvalue weighted by Crippen LogP contribution is -2.05. The molecule has 0 aliphatic rings. The number of aliphatic hydroxyl groups is 1. The molecule has 1 aromatic heterocycles. The van der Waals surface area contributed by atoms with Crippen LogP contribution in [0.5, 0.6) is 0 Å². The van der Waals surface area contributed by atoms with Gasteiger partial charge in [0, 0.05) is 31.4 Å². The van der Waals surface area contributed by atoms with Gasteiger partial charge >= 0.3 is 0 Å². The van der Waals surface area contributed by atoms with Gasteiger partial charge in [-0.3, -0.25) is 4.98 Å². The molecule has 0 aliphatic heterocycles. The summed E-state index contributed by atoms with van der Waals surface area (Å²) in [7, 11) is 0. The molecule has 18 heavy (non-hydrogen) atoms. The molecule has 0 saturated carbocycles. The highest BCUT2D eigenvalue weighted by atomic mass is 127. The van der Waals surface area contributed by atoms with Crippen LogP contribution < -0.4 is 0 Å². The van der Waals surface area contributed by atoms with Crippen molar-refractivity contribution in [3.63, 3.8) is 0 Å². The van der Waals surface area contributed by atoms with Gasteiger partial charge in [0.15, 0.2) is 0 Å². The Kier molecular flexibility index (Phi) is 5.00. The van der Waals surface area contributed by atoms with E-state index in [2.05, 4.69) is 43.5 Å². The van der Waals surface area contributed by atoms with E-state index in [9.17, 15) is 5.11 Å². The molecule has 0 radical (unpaired) electrons. The van der Waals surface area contributed by atoms with Crippen molar-refractivity contribution in [3.8, 4) is 0 Å². The van der Waals surface area contributed by atoms with Crippen LogP contribution in [0.15, 0.2) is 41.0 Å². The van der Waals surface area contributed by atoms with Gasteiger partial charge < -0.3 is 5.11 Å². The first kappa shape index (κ1) is 14.2. The molecule has 0 fully saturated rings. The summed E-state index contributed by atoms with van der Waals surface area (Å²) in [5.74, 6) is 0. The maximum absolute atomic E-state index is 10.2. The second kappa shape index (κ2) is 6.32. The summed E-state index contributed by atoms with van der Waals surface area (Å²) in [5, 5.41) is 10.9. The lowest BCUT2D eigenvalue weighted by molar-refractivity contribution is 0.176. The van der Waals surface area contributed by atoms with E-state index in [1.54, 1.807) is 12.3 Å². The van der Waals surface area contributed by atoms with Crippen molar-refractivity contribution in [2.45, 2.75) is 12.5 Å². The third-order valence-corrected chi connectivity index (χ3v) is 4.19. The van der Waals surface area contributed by atoms with Gasteiger partial charge in [-0.2, -0.15) is 0 Å². The second-order valence-corrected chi connectivity index (χ2v) is 6.37. The Bertz CT molecular complexity index is 547. The Morgan fingerprint density at radius 3 is 2.78 bits per heavy atom. The van der Waals surface area contributed by atoms with Gasteiger partial charge in [0.05, 0.1) is 6.10 Å². The first-order chi connectivity index (χ1) is 8.56. The van der Waals surface area contributed by atoms with Crippen molar-refractivity contribution < 1.29 is 5.11 Å². The fourth-order valence-electron chi connectivity index (χ4n) is 1.61. The van der Waals surface area contributed by atoms with Gasteiger partial charge in [0.25, 0.3) is 0 Å². The van der Waals surface area contributed by atoms with Crippen LogP contribution in [0.4, 0.5) is 0 Å². The van der Waals surface area contributed by atoms with Gasteiger partial charge in [-0.1, -0.05) is 11.6 Å². The molecule has 94 valence electrons. The summed E-state index contributed by atoms with van der Waals surface area (Å²) in [4.78, 5) is 4.25. The molecule has 0 amide bonds. The minimum atomic E-state index is -0.593. The Morgan fingerprint density at radius 2 is 2.11 bits per heavy atom. The Morgan fingerprint density at radius 1 is 1.33 bits per heavy atom. The molecule has 2 nitrogen and oxygen atoms in total. The molecule has 1 atom stereocenters. The van der Waals surface area contributed by atoms with Crippen LogP contribution in [0.1, 0.15) is 17.4 Å². The van der Waals surface area contributed by atoms with Crippen LogP contribution in [0, 0.1) is 3.57 Å². The number of halogens is 3. The standard InChI is InChI=1S/C13H10BrClINO/c14-8-1-3-10(17-7-8)6-13(18)11-5-9(15)2-4-12(11)16/h1-5,7,13,18H,6H2. The maximum Gasteiger partial charge on any atom is 0.0856 e. The number of aliphatic hydroxyl groups excluding tert-OH is 1. The first-order valence-electron chi connectivity index (χ1n) is 5.29. The molecular weight excluding hydrogens is 428 g/mol. The van der Waals surface area contributed by atoms with E-state index >= 15 is 0 Å². The predicted octanol–water partition coefficient (Wildman–Crippen LogP) is 4.38. The zero-order valence-corrected chi connectivity index (χ0v) is 13.8. The number of nitrogens with zero attached hydrogens (tertiary/aromatic N) is 1. The second-order valence-electron chi connectivity index (χ2n) is 3.85. The molecule has 2 aromatic rings. The van der Waals surface area contributed by atoms with E-state index in [0.29, 0.717) is 11.4 Å². The highest BCUT2D eigenvalue weighted by Crippen LogP contribution is 2.26. The fourth-order valence-corrected chi connectivity index (χ4v) is 2.72. The van der Waals surface area contributed by atoms with Crippen LogP contribution >= 0.6 is 50.1 Å². The van der Waals surface area contributed by atoms with Crippen molar-refractivity contribution in [2.24, 2.45) is 0 Å².